The van der Waals surface area contributed by atoms with Gasteiger partial charge in [0.15, 0.2) is 0 Å². The van der Waals surface area contributed by atoms with Gasteiger partial charge in [0, 0.05) is 13.0 Å². The van der Waals surface area contributed by atoms with Crippen LogP contribution in [0.5, 0.6) is 0 Å². The Kier molecular flexibility index (Phi) is 5.44. The monoisotopic (exact) mass is 333 g/mol. The third-order valence-electron chi connectivity index (χ3n) is 2.33. The maximum absolute atomic E-state index is 4.60. The molecule has 1 heterocycles. The third-order valence-corrected chi connectivity index (χ3v) is 3.39. The first-order valence-electron chi connectivity index (χ1n) is 5.90. The fourth-order valence-electron chi connectivity index (χ4n) is 1.41. The lowest BCUT2D eigenvalue weighted by Gasteiger charge is -2.14. The number of halogens is 1. The second-order valence-electron chi connectivity index (χ2n) is 4.12. The van der Waals surface area contributed by atoms with Gasteiger partial charge < -0.3 is 5.32 Å². The number of anilines is 1. The Bertz CT molecular complexity index is 350. The number of rotatable bonds is 5. The molecule has 0 bridgehead atoms. The van der Waals surface area contributed by atoms with E-state index in [-0.39, 0.29) is 0 Å². The van der Waals surface area contributed by atoms with Crippen LogP contribution in [0.3, 0.4) is 0 Å². The van der Waals surface area contributed by atoms with Crippen LogP contribution in [0.2, 0.25) is 0 Å². The smallest absolute Gasteiger partial charge is 0.143 e. The number of hydrogen-bond donors (Lipinski definition) is 1. The van der Waals surface area contributed by atoms with Crippen LogP contribution in [0.4, 0.5) is 5.82 Å². The van der Waals surface area contributed by atoms with Gasteiger partial charge in [-0.2, -0.15) is 0 Å². The minimum absolute atomic E-state index is 0.447. The molecule has 0 aliphatic rings. The molecule has 3 nitrogen and oxygen atoms in total. The van der Waals surface area contributed by atoms with Gasteiger partial charge in [-0.25, -0.2) is 9.97 Å². The number of hydrogen-bond acceptors (Lipinski definition) is 3. The number of nitrogens with one attached hydrogen (secondary N) is 1. The van der Waals surface area contributed by atoms with Crippen LogP contribution in [-0.4, -0.2) is 16.5 Å². The molecular weight excluding hydrogens is 313 g/mol. The molecule has 1 rings (SSSR count). The molecule has 90 valence electrons. The quantitative estimate of drug-likeness (QED) is 0.837. The molecule has 4 heteroatoms. The Labute approximate surface area is 112 Å². The lowest BCUT2D eigenvalue weighted by atomic mass is 10.1. The van der Waals surface area contributed by atoms with E-state index >= 15 is 0 Å². The molecule has 0 aliphatic heterocycles. The predicted molar refractivity (Wildman–Crippen MR) is 77.0 cm³/mol. The summed E-state index contributed by atoms with van der Waals surface area (Å²) < 4.78 is 1.17. The third kappa shape index (κ3) is 3.30. The molecule has 0 unspecified atom stereocenters. The van der Waals surface area contributed by atoms with Crippen molar-refractivity contribution in [3.63, 3.8) is 0 Å². The second kappa shape index (κ2) is 6.37. The molecule has 0 radical (unpaired) electrons. The zero-order valence-corrected chi connectivity index (χ0v) is 12.6. The SMILES string of the molecule is CCCNc1nc(CC)nc(C(C)C)c1I. The molecule has 16 heavy (non-hydrogen) atoms. The molecule has 1 aromatic rings. The van der Waals surface area contributed by atoms with E-state index in [9.17, 15) is 0 Å². The van der Waals surface area contributed by atoms with Crippen LogP contribution in [0, 0.1) is 3.57 Å². The molecule has 0 spiro atoms. The van der Waals surface area contributed by atoms with Gasteiger partial charge in [0.05, 0.1) is 9.26 Å². The number of nitrogens with zero attached hydrogens (tertiary/aromatic N) is 2. The molecular formula is C12H20IN3. The first kappa shape index (κ1) is 13.7. The van der Waals surface area contributed by atoms with Crippen molar-refractivity contribution in [2.75, 3.05) is 11.9 Å². The Morgan fingerprint density at radius 2 is 1.94 bits per heavy atom. The van der Waals surface area contributed by atoms with Gasteiger partial charge in [-0.3, -0.25) is 0 Å². The summed E-state index contributed by atoms with van der Waals surface area (Å²) in [5.41, 5.74) is 1.16. The number of aryl methyl sites for hydroxylation is 1. The molecule has 0 amide bonds. The van der Waals surface area contributed by atoms with E-state index in [1.807, 2.05) is 0 Å². The average Bonchev–Trinajstić information content (AvgIpc) is 2.27. The standard InChI is InChI=1S/C12H20IN3/c1-5-7-14-12-10(13)11(8(3)4)15-9(6-2)16-12/h8H,5-7H2,1-4H3,(H,14,15,16). The predicted octanol–water partition coefficient (Wildman–Crippen LogP) is 3.59. The van der Waals surface area contributed by atoms with Crippen molar-refractivity contribution in [3.05, 3.63) is 15.1 Å². The van der Waals surface area contributed by atoms with Gasteiger partial charge in [0.1, 0.15) is 11.6 Å². The van der Waals surface area contributed by atoms with E-state index in [0.29, 0.717) is 5.92 Å². The van der Waals surface area contributed by atoms with Crippen molar-refractivity contribution < 1.29 is 0 Å². The van der Waals surface area contributed by atoms with Crippen LogP contribution >= 0.6 is 22.6 Å². The molecule has 0 aromatic carbocycles. The summed E-state index contributed by atoms with van der Waals surface area (Å²) in [4.78, 5) is 9.14. The summed E-state index contributed by atoms with van der Waals surface area (Å²) in [5.74, 6) is 2.38. The highest BCUT2D eigenvalue weighted by Gasteiger charge is 2.13. The van der Waals surface area contributed by atoms with Gasteiger partial charge in [0.25, 0.3) is 0 Å². The summed E-state index contributed by atoms with van der Waals surface area (Å²) in [5, 5.41) is 3.37. The van der Waals surface area contributed by atoms with Crippen LogP contribution < -0.4 is 5.32 Å². The lowest BCUT2D eigenvalue weighted by molar-refractivity contribution is 0.777. The van der Waals surface area contributed by atoms with E-state index in [0.717, 1.165) is 36.7 Å². The van der Waals surface area contributed by atoms with Gasteiger partial charge in [-0.1, -0.05) is 27.7 Å². The van der Waals surface area contributed by atoms with Crippen molar-refractivity contribution in [2.24, 2.45) is 0 Å². The van der Waals surface area contributed by atoms with Gasteiger partial charge >= 0.3 is 0 Å². The summed E-state index contributed by atoms with van der Waals surface area (Å²) in [6.45, 7) is 9.57. The molecule has 0 atom stereocenters. The Morgan fingerprint density at radius 1 is 1.25 bits per heavy atom. The van der Waals surface area contributed by atoms with Crippen molar-refractivity contribution in [2.45, 2.75) is 46.5 Å². The van der Waals surface area contributed by atoms with Crippen molar-refractivity contribution >= 4 is 28.4 Å². The van der Waals surface area contributed by atoms with E-state index in [1.165, 1.54) is 3.57 Å². The number of aromatic nitrogens is 2. The first-order valence-corrected chi connectivity index (χ1v) is 6.98. The Morgan fingerprint density at radius 3 is 2.44 bits per heavy atom. The molecule has 1 N–H and O–H groups in total. The lowest BCUT2D eigenvalue weighted by Crippen LogP contribution is -2.11. The highest BCUT2D eigenvalue weighted by atomic mass is 127. The molecule has 0 fully saturated rings. The molecule has 0 aliphatic carbocycles. The van der Waals surface area contributed by atoms with Gasteiger partial charge in [-0.15, -0.1) is 0 Å². The fourth-order valence-corrected chi connectivity index (χ4v) is 2.47. The van der Waals surface area contributed by atoms with E-state index in [4.69, 9.17) is 0 Å². The van der Waals surface area contributed by atoms with Crippen LogP contribution in [0.25, 0.3) is 0 Å². The summed E-state index contributed by atoms with van der Waals surface area (Å²) >= 11 is 2.34. The Hall–Kier alpha value is -0.390. The highest BCUT2D eigenvalue weighted by molar-refractivity contribution is 14.1. The van der Waals surface area contributed by atoms with Crippen molar-refractivity contribution in [1.29, 1.82) is 0 Å². The zero-order valence-electron chi connectivity index (χ0n) is 10.5. The maximum atomic E-state index is 4.60. The maximum Gasteiger partial charge on any atom is 0.143 e. The van der Waals surface area contributed by atoms with Gasteiger partial charge in [-0.05, 0) is 34.9 Å². The van der Waals surface area contributed by atoms with Crippen LogP contribution in [-0.2, 0) is 6.42 Å². The minimum Gasteiger partial charge on any atom is -0.369 e. The van der Waals surface area contributed by atoms with E-state index in [2.05, 4.69) is 65.6 Å². The summed E-state index contributed by atoms with van der Waals surface area (Å²) in [6, 6.07) is 0. The normalized spacial score (nSPS) is 10.9. The molecule has 1 aromatic heterocycles. The van der Waals surface area contributed by atoms with Crippen LogP contribution in [0.1, 0.15) is 51.6 Å². The Balaban J connectivity index is 3.10. The zero-order chi connectivity index (χ0) is 12.1. The highest BCUT2D eigenvalue weighted by Crippen LogP contribution is 2.25. The first-order chi connectivity index (χ1) is 7.60. The summed E-state index contributed by atoms with van der Waals surface area (Å²) in [6.07, 6.45) is 2.00. The van der Waals surface area contributed by atoms with Crippen molar-refractivity contribution in [1.82, 2.24) is 9.97 Å². The topological polar surface area (TPSA) is 37.8 Å². The second-order valence-corrected chi connectivity index (χ2v) is 5.20. The van der Waals surface area contributed by atoms with Crippen LogP contribution in [0.15, 0.2) is 0 Å². The minimum atomic E-state index is 0.447. The average molecular weight is 333 g/mol. The largest absolute Gasteiger partial charge is 0.369 e. The summed E-state index contributed by atoms with van der Waals surface area (Å²) in [7, 11) is 0. The van der Waals surface area contributed by atoms with Gasteiger partial charge in [0.2, 0.25) is 0 Å². The fraction of sp³-hybridized carbons (Fsp3) is 0.667. The van der Waals surface area contributed by atoms with E-state index < -0.39 is 0 Å². The molecule has 0 saturated carbocycles. The van der Waals surface area contributed by atoms with Crippen molar-refractivity contribution in [3.8, 4) is 0 Å². The van der Waals surface area contributed by atoms with E-state index in [1.54, 1.807) is 0 Å². The molecule has 0 saturated heterocycles.